The third kappa shape index (κ3) is 8.86. The van der Waals surface area contributed by atoms with Crippen molar-refractivity contribution in [2.45, 2.75) is 17.1 Å². The van der Waals surface area contributed by atoms with Crippen LogP contribution in [0.1, 0.15) is 32.3 Å². The third-order valence-electron chi connectivity index (χ3n) is 7.18. The molecule has 0 heterocycles. The molecule has 1 unspecified atom stereocenters. The Kier molecular flexibility index (Phi) is 11.6. The third-order valence-corrected chi connectivity index (χ3v) is 9.20. The van der Waals surface area contributed by atoms with Crippen molar-refractivity contribution in [1.29, 1.82) is 0 Å². The van der Waals surface area contributed by atoms with Crippen LogP contribution in [-0.2, 0) is 9.59 Å². The van der Waals surface area contributed by atoms with Crippen molar-refractivity contribution in [2.75, 3.05) is 17.7 Å². The average Bonchev–Trinajstić information content (AvgIpc) is 3.10. The minimum Gasteiger partial charge on any atom is -0.495 e. The first kappa shape index (κ1) is 34.3. The lowest BCUT2D eigenvalue weighted by molar-refractivity contribution is -0.116. The lowest BCUT2D eigenvalue weighted by Crippen LogP contribution is -2.30. The smallest absolute Gasteiger partial charge is 0.272 e. The standard InChI is InChI=1S/C38H31Cl2N3O4S/c1-24-21-32(34(47-2)23-31(24)40)42-38(46)35(25-11-5-3-6-12-25)48-29-19-17-28(18-20-29)41-37(45)33(22-27-15-9-10-16-30(27)39)43-36(44)26-13-7-4-8-14-26/h3-23,35H,1-2H3,(H,41,45)(H,42,46)(H,43,44)/b33-22-. The Hall–Kier alpha value is -5.02. The van der Waals surface area contributed by atoms with Crippen LogP contribution in [0.15, 0.2) is 132 Å². The molecule has 242 valence electrons. The highest BCUT2D eigenvalue weighted by atomic mass is 35.5. The van der Waals surface area contributed by atoms with Gasteiger partial charge < -0.3 is 20.7 Å². The number of benzene rings is 5. The Balaban J connectivity index is 1.35. The highest BCUT2D eigenvalue weighted by molar-refractivity contribution is 8.00. The van der Waals surface area contributed by atoms with Crippen LogP contribution in [0.25, 0.3) is 6.08 Å². The molecule has 0 spiro atoms. The van der Waals surface area contributed by atoms with E-state index in [0.717, 1.165) is 16.0 Å². The maximum absolute atomic E-state index is 13.7. The molecule has 10 heteroatoms. The van der Waals surface area contributed by atoms with Gasteiger partial charge in [0.25, 0.3) is 11.8 Å². The second-order valence-corrected chi connectivity index (χ2v) is 12.6. The predicted molar refractivity (Wildman–Crippen MR) is 195 cm³/mol. The predicted octanol–water partition coefficient (Wildman–Crippen LogP) is 9.19. The van der Waals surface area contributed by atoms with Crippen LogP contribution in [-0.4, -0.2) is 24.8 Å². The minimum atomic E-state index is -0.606. The molecule has 48 heavy (non-hydrogen) atoms. The number of thioether (sulfide) groups is 1. The zero-order valence-electron chi connectivity index (χ0n) is 26.0. The lowest BCUT2D eigenvalue weighted by Gasteiger charge is -2.19. The first-order valence-corrected chi connectivity index (χ1v) is 16.5. The fourth-order valence-corrected chi connectivity index (χ4v) is 6.04. The van der Waals surface area contributed by atoms with E-state index in [9.17, 15) is 14.4 Å². The molecule has 0 radical (unpaired) electrons. The molecule has 0 bridgehead atoms. The van der Waals surface area contributed by atoms with E-state index in [0.29, 0.717) is 38.3 Å². The summed E-state index contributed by atoms with van der Waals surface area (Å²) < 4.78 is 5.46. The number of methoxy groups -OCH3 is 1. The SMILES string of the molecule is COc1cc(Cl)c(C)cc1NC(=O)C(Sc1ccc(NC(=O)/C(=C/c2ccccc2Cl)NC(=O)c2ccccc2)cc1)c1ccccc1. The molecule has 1 atom stereocenters. The molecule has 0 aliphatic carbocycles. The summed E-state index contributed by atoms with van der Waals surface area (Å²) in [6.45, 7) is 1.86. The summed E-state index contributed by atoms with van der Waals surface area (Å²) in [5.74, 6) is -0.758. The number of ether oxygens (including phenoxy) is 1. The van der Waals surface area contributed by atoms with Gasteiger partial charge in [-0.2, -0.15) is 0 Å². The van der Waals surface area contributed by atoms with E-state index >= 15 is 0 Å². The number of carbonyl (C=O) groups is 3. The van der Waals surface area contributed by atoms with Crippen molar-refractivity contribution >= 4 is 70.1 Å². The van der Waals surface area contributed by atoms with E-state index in [1.54, 1.807) is 78.9 Å². The van der Waals surface area contributed by atoms with Crippen molar-refractivity contribution < 1.29 is 19.1 Å². The van der Waals surface area contributed by atoms with Gasteiger partial charge in [0.1, 0.15) is 16.7 Å². The van der Waals surface area contributed by atoms with Crippen molar-refractivity contribution in [2.24, 2.45) is 0 Å². The minimum absolute atomic E-state index is 0.0177. The monoisotopic (exact) mass is 695 g/mol. The highest BCUT2D eigenvalue weighted by Gasteiger charge is 2.24. The van der Waals surface area contributed by atoms with Gasteiger partial charge in [0.15, 0.2) is 0 Å². The van der Waals surface area contributed by atoms with E-state index < -0.39 is 17.1 Å². The van der Waals surface area contributed by atoms with Crippen LogP contribution in [0, 0.1) is 6.92 Å². The van der Waals surface area contributed by atoms with Gasteiger partial charge in [0, 0.05) is 32.3 Å². The summed E-state index contributed by atoms with van der Waals surface area (Å²) in [5.41, 5.74) is 3.61. The molecule has 0 saturated carbocycles. The van der Waals surface area contributed by atoms with Crippen LogP contribution in [0.2, 0.25) is 10.0 Å². The molecule has 3 amide bonds. The van der Waals surface area contributed by atoms with Crippen LogP contribution in [0.5, 0.6) is 5.75 Å². The van der Waals surface area contributed by atoms with E-state index in [2.05, 4.69) is 16.0 Å². The molecule has 5 aromatic carbocycles. The average molecular weight is 697 g/mol. The zero-order valence-corrected chi connectivity index (χ0v) is 28.3. The van der Waals surface area contributed by atoms with E-state index in [1.807, 2.05) is 49.4 Å². The van der Waals surface area contributed by atoms with Gasteiger partial charge in [0.05, 0.1) is 12.8 Å². The summed E-state index contributed by atoms with van der Waals surface area (Å²) in [6.07, 6.45) is 1.53. The Bertz CT molecular complexity index is 1950. The molecule has 0 saturated heterocycles. The summed E-state index contributed by atoms with van der Waals surface area (Å²) in [5, 5.41) is 8.93. The molecule has 0 fully saturated rings. The molecule has 3 N–H and O–H groups in total. The van der Waals surface area contributed by atoms with Crippen molar-refractivity contribution in [1.82, 2.24) is 5.32 Å². The van der Waals surface area contributed by atoms with Gasteiger partial charge >= 0.3 is 0 Å². The first-order chi connectivity index (χ1) is 23.2. The van der Waals surface area contributed by atoms with Crippen molar-refractivity contribution in [3.63, 3.8) is 0 Å². The molecular weight excluding hydrogens is 665 g/mol. The molecule has 0 aromatic heterocycles. The van der Waals surface area contributed by atoms with E-state index in [-0.39, 0.29) is 11.6 Å². The van der Waals surface area contributed by atoms with Crippen LogP contribution >= 0.6 is 35.0 Å². The maximum atomic E-state index is 13.7. The van der Waals surface area contributed by atoms with Crippen molar-refractivity contribution in [3.05, 3.63) is 159 Å². The number of amides is 3. The number of anilines is 2. The number of halogens is 2. The normalized spacial score (nSPS) is 11.7. The zero-order chi connectivity index (χ0) is 34.0. The number of nitrogens with one attached hydrogen (secondary N) is 3. The Labute approximate surface area is 293 Å². The van der Waals surface area contributed by atoms with Gasteiger partial charge in [-0.25, -0.2) is 0 Å². The summed E-state index contributed by atoms with van der Waals surface area (Å²) in [4.78, 5) is 41.0. The Morgan fingerprint density at radius 2 is 1.42 bits per heavy atom. The largest absolute Gasteiger partial charge is 0.495 e. The molecule has 0 aliphatic heterocycles. The van der Waals surface area contributed by atoms with Crippen molar-refractivity contribution in [3.8, 4) is 5.75 Å². The van der Waals surface area contributed by atoms with E-state index in [1.165, 1.54) is 24.9 Å². The first-order valence-electron chi connectivity index (χ1n) is 14.8. The number of rotatable bonds is 11. The summed E-state index contributed by atoms with van der Waals surface area (Å²) >= 11 is 14.0. The second-order valence-electron chi connectivity index (χ2n) is 10.6. The fourth-order valence-electron chi connectivity index (χ4n) is 4.67. The lowest BCUT2D eigenvalue weighted by atomic mass is 10.1. The van der Waals surface area contributed by atoms with Gasteiger partial charge in [-0.1, -0.05) is 89.9 Å². The van der Waals surface area contributed by atoms with Gasteiger partial charge in [-0.3, -0.25) is 14.4 Å². The van der Waals surface area contributed by atoms with Crippen LogP contribution in [0.4, 0.5) is 11.4 Å². The Morgan fingerprint density at radius 3 is 2.08 bits per heavy atom. The number of aryl methyl sites for hydroxylation is 1. The van der Waals surface area contributed by atoms with Crippen LogP contribution in [0.3, 0.4) is 0 Å². The number of hydrogen-bond donors (Lipinski definition) is 3. The molecule has 7 nitrogen and oxygen atoms in total. The number of carbonyl (C=O) groups excluding carboxylic acids is 3. The van der Waals surface area contributed by atoms with Crippen LogP contribution < -0.4 is 20.7 Å². The number of hydrogen-bond acceptors (Lipinski definition) is 5. The molecule has 5 rings (SSSR count). The summed E-state index contributed by atoms with van der Waals surface area (Å²) in [7, 11) is 1.52. The summed E-state index contributed by atoms with van der Waals surface area (Å²) in [6, 6.07) is 35.6. The maximum Gasteiger partial charge on any atom is 0.272 e. The van der Waals surface area contributed by atoms with E-state index in [4.69, 9.17) is 27.9 Å². The highest BCUT2D eigenvalue weighted by Crippen LogP contribution is 2.38. The quantitative estimate of drug-likeness (QED) is 0.0946. The Morgan fingerprint density at radius 1 is 0.771 bits per heavy atom. The fraction of sp³-hybridized carbons (Fsp3) is 0.0789. The molecular formula is C38H31Cl2N3O4S. The van der Waals surface area contributed by atoms with Gasteiger partial charge in [-0.05, 0) is 78.2 Å². The van der Waals surface area contributed by atoms with Gasteiger partial charge in [-0.15, -0.1) is 11.8 Å². The molecule has 5 aromatic rings. The topological polar surface area (TPSA) is 96.5 Å². The van der Waals surface area contributed by atoms with Gasteiger partial charge in [0.2, 0.25) is 5.91 Å². The second kappa shape index (κ2) is 16.2. The molecule has 0 aliphatic rings.